The Morgan fingerprint density at radius 1 is 0.610 bits per heavy atom. The minimum absolute atomic E-state index is 0.0211. The lowest BCUT2D eigenvalue weighted by Gasteiger charge is -2.25. The summed E-state index contributed by atoms with van der Waals surface area (Å²) in [5, 5.41) is 25.4. The highest BCUT2D eigenvalue weighted by Gasteiger charge is 2.30. The van der Waals surface area contributed by atoms with Gasteiger partial charge in [0.25, 0.3) is 0 Å². The largest absolute Gasteiger partial charge is 0.481 e. The number of nitrogens with one attached hydrogen (secondary N) is 3. The van der Waals surface area contributed by atoms with Gasteiger partial charge in [0.05, 0.1) is 6.04 Å². The second-order valence-electron chi connectivity index (χ2n) is 8.96. The maximum Gasteiger partial charge on any atom is 0.326 e. The van der Waals surface area contributed by atoms with E-state index in [9.17, 15) is 33.9 Å². The predicted molar refractivity (Wildman–Crippen MR) is 147 cm³/mol. The highest BCUT2D eigenvalue weighted by molar-refractivity contribution is 5.94. The van der Waals surface area contributed by atoms with Crippen LogP contribution in [0, 0.1) is 0 Å². The molecule has 0 saturated heterocycles. The molecule has 0 heterocycles. The fraction of sp³-hybridized carbons (Fsp3) is 0.636. The van der Waals surface area contributed by atoms with Crippen LogP contribution in [-0.4, -0.2) is 95.0 Å². The quantitative estimate of drug-likeness (QED) is 0.0341. The summed E-state index contributed by atoms with van der Waals surface area (Å²) in [4.78, 5) is 80.0. The molecule has 0 bridgehead atoms. The first kappa shape index (κ1) is 36.3. The van der Waals surface area contributed by atoms with Gasteiger partial charge in [-0.2, -0.15) is 0 Å². The number of hydrogen-bond donors (Lipinski definition) is 11. The van der Waals surface area contributed by atoms with E-state index in [4.69, 9.17) is 39.5 Å². The minimum Gasteiger partial charge on any atom is -0.481 e. The van der Waals surface area contributed by atoms with Crippen LogP contribution >= 0.6 is 0 Å². The number of carboxylic acids is 2. The topological polar surface area (TPSA) is 360 Å². The molecule has 19 heteroatoms. The molecule has 0 fully saturated rings. The van der Waals surface area contributed by atoms with E-state index in [1.165, 1.54) is 0 Å². The molecule has 0 rings (SSSR count). The first-order valence-electron chi connectivity index (χ1n) is 12.6. The van der Waals surface area contributed by atoms with E-state index in [1.807, 2.05) is 0 Å². The van der Waals surface area contributed by atoms with Gasteiger partial charge in [0.2, 0.25) is 23.6 Å². The minimum atomic E-state index is -1.41. The molecule has 4 amide bonds. The summed E-state index contributed by atoms with van der Waals surface area (Å²) in [7, 11) is 0. The molecule has 0 aromatic heterocycles. The van der Waals surface area contributed by atoms with Crippen LogP contribution in [0.1, 0.15) is 51.4 Å². The van der Waals surface area contributed by atoms with Crippen molar-refractivity contribution >= 4 is 47.5 Å². The summed E-state index contributed by atoms with van der Waals surface area (Å²) in [5.41, 5.74) is 32.0. The van der Waals surface area contributed by atoms with Crippen LogP contribution in [0.25, 0.3) is 0 Å². The Morgan fingerprint density at radius 3 is 1.49 bits per heavy atom. The monoisotopic (exact) mass is 587 g/mol. The molecule has 4 atom stereocenters. The second kappa shape index (κ2) is 19.4. The fourth-order valence-electron chi connectivity index (χ4n) is 3.32. The van der Waals surface area contributed by atoms with Crippen LogP contribution in [0.5, 0.6) is 0 Å². The summed E-state index contributed by atoms with van der Waals surface area (Å²) in [6.45, 7) is 0.207. The summed E-state index contributed by atoms with van der Waals surface area (Å²) in [5.74, 6) is -6.29. The average Bonchev–Trinajstić information content (AvgIpc) is 2.87. The molecule has 0 aromatic carbocycles. The van der Waals surface area contributed by atoms with Gasteiger partial charge in [0.1, 0.15) is 18.1 Å². The molecule has 0 radical (unpaired) electrons. The molecule has 0 aliphatic rings. The molecule has 17 N–H and O–H groups in total. The van der Waals surface area contributed by atoms with Crippen LogP contribution in [-0.2, 0) is 28.8 Å². The number of aliphatic carboxylic acids is 2. The van der Waals surface area contributed by atoms with E-state index in [1.54, 1.807) is 0 Å². The number of amides is 4. The molecule has 0 aliphatic heterocycles. The van der Waals surface area contributed by atoms with E-state index >= 15 is 0 Å². The number of guanidine groups is 2. The standard InChI is InChI=1S/C22H41N11O8/c23-11(5-8-16(35)36)17(37)31-12(3-1-9-29-21(25)26)18(38)32-13(6-7-15(24)34)19(39)33-14(20(40)41)4-2-10-30-22(27)28/h11-14H,1-10,23H2,(H2,24,34)(H,31,37)(H,32,38)(H,33,39)(H,35,36)(H,40,41)(H4,25,26,29)(H4,27,28,30). The number of nitrogens with two attached hydrogens (primary N) is 6. The van der Waals surface area contributed by atoms with Gasteiger partial charge < -0.3 is 60.6 Å². The van der Waals surface area contributed by atoms with Gasteiger partial charge in [-0.25, -0.2) is 4.79 Å². The first-order chi connectivity index (χ1) is 19.1. The van der Waals surface area contributed by atoms with Crippen LogP contribution in [0.2, 0.25) is 0 Å². The molecule has 4 unspecified atom stereocenters. The molecule has 0 saturated carbocycles. The zero-order chi connectivity index (χ0) is 31.5. The molecule has 0 aliphatic carbocycles. The molecule has 232 valence electrons. The molecule has 0 aromatic rings. The van der Waals surface area contributed by atoms with E-state index < -0.39 is 59.7 Å². The van der Waals surface area contributed by atoms with E-state index in [0.29, 0.717) is 0 Å². The maximum atomic E-state index is 13.2. The van der Waals surface area contributed by atoms with Crippen LogP contribution < -0.4 is 50.4 Å². The summed E-state index contributed by atoms with van der Waals surface area (Å²) < 4.78 is 0. The van der Waals surface area contributed by atoms with Gasteiger partial charge in [-0.15, -0.1) is 0 Å². The van der Waals surface area contributed by atoms with Crippen molar-refractivity contribution in [2.75, 3.05) is 13.1 Å². The smallest absolute Gasteiger partial charge is 0.326 e. The summed E-state index contributed by atoms with van der Waals surface area (Å²) >= 11 is 0. The SMILES string of the molecule is NC(=O)CCC(NC(=O)C(CCCN=C(N)N)NC(=O)C(N)CCC(=O)O)C(=O)NC(CCCN=C(N)N)C(=O)O. The van der Waals surface area contributed by atoms with E-state index in [-0.39, 0.29) is 76.4 Å². The van der Waals surface area contributed by atoms with E-state index in [0.717, 1.165) is 0 Å². The number of primary amides is 1. The van der Waals surface area contributed by atoms with Crippen molar-refractivity contribution in [3.05, 3.63) is 0 Å². The number of hydrogen-bond acceptors (Lipinski definition) is 9. The van der Waals surface area contributed by atoms with Gasteiger partial charge >= 0.3 is 11.9 Å². The number of rotatable bonds is 21. The van der Waals surface area contributed by atoms with E-state index in [2.05, 4.69) is 25.9 Å². The lowest BCUT2D eigenvalue weighted by molar-refractivity contribution is -0.142. The average molecular weight is 588 g/mol. The van der Waals surface area contributed by atoms with Crippen molar-refractivity contribution in [1.29, 1.82) is 0 Å². The number of carbonyl (C=O) groups excluding carboxylic acids is 4. The van der Waals surface area contributed by atoms with Gasteiger partial charge in [-0.05, 0) is 38.5 Å². The number of carboxylic acid groups (broad SMARTS) is 2. The van der Waals surface area contributed by atoms with Crippen molar-refractivity contribution in [3.63, 3.8) is 0 Å². The third-order valence-corrected chi connectivity index (χ3v) is 5.46. The second-order valence-corrected chi connectivity index (χ2v) is 8.96. The fourth-order valence-corrected chi connectivity index (χ4v) is 3.32. The molecule has 0 spiro atoms. The lowest BCUT2D eigenvalue weighted by atomic mass is 10.0. The molecule has 41 heavy (non-hydrogen) atoms. The van der Waals surface area contributed by atoms with Gasteiger partial charge in [0.15, 0.2) is 11.9 Å². The Kier molecular flexibility index (Phi) is 17.2. The first-order valence-corrected chi connectivity index (χ1v) is 12.6. The highest BCUT2D eigenvalue weighted by atomic mass is 16.4. The summed E-state index contributed by atoms with van der Waals surface area (Å²) in [6, 6.07) is -5.30. The Bertz CT molecular complexity index is 981. The Balaban J connectivity index is 5.69. The van der Waals surface area contributed by atoms with Crippen molar-refractivity contribution < 1.29 is 39.0 Å². The van der Waals surface area contributed by atoms with Gasteiger partial charge in [-0.3, -0.25) is 34.0 Å². The van der Waals surface area contributed by atoms with Crippen LogP contribution in [0.3, 0.4) is 0 Å². The number of aliphatic imine (C=N–C) groups is 2. The Morgan fingerprint density at radius 2 is 1.05 bits per heavy atom. The number of nitrogens with zero attached hydrogens (tertiary/aromatic N) is 2. The van der Waals surface area contributed by atoms with Crippen LogP contribution in [0.15, 0.2) is 9.98 Å². The van der Waals surface area contributed by atoms with Gasteiger partial charge in [-0.1, -0.05) is 0 Å². The Labute approximate surface area is 235 Å². The highest BCUT2D eigenvalue weighted by Crippen LogP contribution is 2.06. The third kappa shape index (κ3) is 17.5. The number of carbonyl (C=O) groups is 6. The molecule has 19 nitrogen and oxygen atoms in total. The van der Waals surface area contributed by atoms with Crippen molar-refractivity contribution in [3.8, 4) is 0 Å². The predicted octanol–water partition coefficient (Wildman–Crippen LogP) is -4.91. The third-order valence-electron chi connectivity index (χ3n) is 5.46. The zero-order valence-corrected chi connectivity index (χ0v) is 22.6. The van der Waals surface area contributed by atoms with Crippen molar-refractivity contribution in [2.45, 2.75) is 75.5 Å². The lowest BCUT2D eigenvalue weighted by Crippen LogP contribution is -2.57. The van der Waals surface area contributed by atoms with Crippen molar-refractivity contribution in [1.82, 2.24) is 16.0 Å². The molecular weight excluding hydrogens is 546 g/mol. The van der Waals surface area contributed by atoms with Gasteiger partial charge in [0, 0.05) is 25.9 Å². The van der Waals surface area contributed by atoms with Crippen molar-refractivity contribution in [2.24, 2.45) is 44.4 Å². The Hall–Kier alpha value is -4.68. The molecular formula is C22H41N11O8. The summed E-state index contributed by atoms with van der Waals surface area (Å²) in [6.07, 6.45) is -0.856. The maximum absolute atomic E-state index is 13.2. The zero-order valence-electron chi connectivity index (χ0n) is 22.6. The normalized spacial score (nSPS) is 13.4. The van der Waals surface area contributed by atoms with Crippen LogP contribution in [0.4, 0.5) is 0 Å².